The highest BCUT2D eigenvalue weighted by atomic mass is 35.5. The second kappa shape index (κ2) is 11.2. The normalized spacial score (nSPS) is 10.4. The summed E-state index contributed by atoms with van der Waals surface area (Å²) in [4.78, 5) is 34.6. The average molecular weight is 487 g/mol. The lowest BCUT2D eigenvalue weighted by atomic mass is 10.1. The van der Waals surface area contributed by atoms with E-state index in [1.807, 2.05) is 12.1 Å². The van der Waals surface area contributed by atoms with Gasteiger partial charge in [0.1, 0.15) is 0 Å². The Morgan fingerprint density at radius 1 is 1.03 bits per heavy atom. The van der Waals surface area contributed by atoms with E-state index in [9.17, 15) is 24.1 Å². The van der Waals surface area contributed by atoms with E-state index < -0.39 is 28.3 Å². The molecule has 0 heterocycles. The largest absolute Gasteiger partial charge is 0.469 e. The Morgan fingerprint density at radius 3 is 2.35 bits per heavy atom. The first-order chi connectivity index (χ1) is 16.3. The minimum absolute atomic E-state index is 0.0593. The standard InChI is InChI=1S/C24H20ClFN2O6/c1-33-23(29)13-16-4-8-21(19(26)12-16)34-22-9-5-17(14-20(22)28(31)32)24(30)27-11-10-15-2-6-18(25)7-3-15/h2-9,12,14H,10-11,13H2,1H3,(H,27,30). The number of esters is 1. The van der Waals surface area contributed by atoms with E-state index in [0.29, 0.717) is 23.6 Å². The fourth-order valence-electron chi connectivity index (χ4n) is 3.06. The number of benzene rings is 3. The van der Waals surface area contributed by atoms with Gasteiger partial charge >= 0.3 is 11.7 Å². The van der Waals surface area contributed by atoms with Gasteiger partial charge in [-0.3, -0.25) is 19.7 Å². The molecule has 1 N–H and O–H groups in total. The summed E-state index contributed by atoms with van der Waals surface area (Å²) in [6, 6.07) is 14.6. The van der Waals surface area contributed by atoms with E-state index in [-0.39, 0.29) is 23.5 Å². The van der Waals surface area contributed by atoms with Gasteiger partial charge in [0.25, 0.3) is 5.91 Å². The number of hydrogen-bond acceptors (Lipinski definition) is 6. The number of halogens is 2. The van der Waals surface area contributed by atoms with Crippen molar-refractivity contribution in [1.29, 1.82) is 0 Å². The Labute approximate surface area is 199 Å². The minimum atomic E-state index is -0.806. The van der Waals surface area contributed by atoms with Crippen LogP contribution in [0.5, 0.6) is 11.5 Å². The molecule has 0 saturated heterocycles. The molecule has 0 radical (unpaired) electrons. The summed E-state index contributed by atoms with van der Waals surface area (Å²) in [6.07, 6.45) is 0.424. The van der Waals surface area contributed by atoms with Gasteiger partial charge in [-0.25, -0.2) is 4.39 Å². The third-order valence-corrected chi connectivity index (χ3v) is 5.07. The molecule has 0 spiro atoms. The molecular weight excluding hydrogens is 467 g/mol. The SMILES string of the molecule is COC(=O)Cc1ccc(Oc2ccc(C(=O)NCCc3ccc(Cl)cc3)cc2[N+](=O)[O-])c(F)c1. The fourth-order valence-corrected chi connectivity index (χ4v) is 3.18. The molecule has 0 aromatic heterocycles. The number of nitro groups is 1. The van der Waals surface area contributed by atoms with Gasteiger partial charge in [0.05, 0.1) is 18.5 Å². The van der Waals surface area contributed by atoms with Crippen LogP contribution in [0.15, 0.2) is 60.7 Å². The molecule has 0 saturated carbocycles. The smallest absolute Gasteiger partial charge is 0.312 e. The summed E-state index contributed by atoms with van der Waals surface area (Å²) in [6.45, 7) is 0.315. The number of ether oxygens (including phenoxy) is 2. The van der Waals surface area contributed by atoms with Crippen LogP contribution in [0.25, 0.3) is 0 Å². The highest BCUT2D eigenvalue weighted by Crippen LogP contribution is 2.33. The first kappa shape index (κ1) is 24.7. The van der Waals surface area contributed by atoms with Crippen LogP contribution in [0.2, 0.25) is 5.02 Å². The first-order valence-electron chi connectivity index (χ1n) is 10.1. The summed E-state index contributed by atoms with van der Waals surface area (Å²) in [5.41, 5.74) is 0.892. The van der Waals surface area contributed by atoms with Crippen LogP contribution in [0.1, 0.15) is 21.5 Å². The predicted octanol–water partition coefficient (Wildman–Crippen LogP) is 4.87. The Morgan fingerprint density at radius 2 is 1.71 bits per heavy atom. The molecule has 176 valence electrons. The summed E-state index contributed by atoms with van der Waals surface area (Å²) < 4.78 is 24.3. The number of carbonyl (C=O) groups is 2. The zero-order chi connectivity index (χ0) is 24.7. The molecule has 0 fully saturated rings. The van der Waals surface area contributed by atoms with Crippen molar-refractivity contribution < 1.29 is 28.4 Å². The maximum absolute atomic E-state index is 14.4. The van der Waals surface area contributed by atoms with Crippen LogP contribution in [0.3, 0.4) is 0 Å². The van der Waals surface area contributed by atoms with Gasteiger partial charge in [0.2, 0.25) is 5.75 Å². The number of amides is 1. The number of nitrogens with one attached hydrogen (secondary N) is 1. The lowest BCUT2D eigenvalue weighted by Gasteiger charge is -2.10. The van der Waals surface area contributed by atoms with Crippen molar-refractivity contribution in [3.63, 3.8) is 0 Å². The maximum Gasteiger partial charge on any atom is 0.312 e. The van der Waals surface area contributed by atoms with Crippen LogP contribution in [-0.2, 0) is 22.4 Å². The number of rotatable bonds is 9. The molecule has 0 unspecified atom stereocenters. The van der Waals surface area contributed by atoms with Crippen molar-refractivity contribution in [1.82, 2.24) is 5.32 Å². The van der Waals surface area contributed by atoms with Gasteiger partial charge < -0.3 is 14.8 Å². The topological polar surface area (TPSA) is 108 Å². The van der Waals surface area contributed by atoms with Crippen LogP contribution >= 0.6 is 11.6 Å². The van der Waals surface area contributed by atoms with Crippen molar-refractivity contribution in [2.24, 2.45) is 0 Å². The van der Waals surface area contributed by atoms with E-state index >= 15 is 0 Å². The van der Waals surface area contributed by atoms with Crippen LogP contribution < -0.4 is 10.1 Å². The third-order valence-electron chi connectivity index (χ3n) is 4.82. The second-order valence-electron chi connectivity index (χ2n) is 7.19. The third kappa shape index (κ3) is 6.52. The van der Waals surface area contributed by atoms with Crippen LogP contribution in [-0.4, -0.2) is 30.5 Å². The van der Waals surface area contributed by atoms with Crippen molar-refractivity contribution in [3.05, 3.63) is 98.3 Å². The number of hydrogen-bond donors (Lipinski definition) is 1. The molecule has 0 aliphatic rings. The molecule has 3 aromatic carbocycles. The summed E-state index contributed by atoms with van der Waals surface area (Å²) in [5.74, 6) is -2.34. The van der Waals surface area contributed by atoms with E-state index in [4.69, 9.17) is 16.3 Å². The number of nitrogens with zero attached hydrogens (tertiary/aromatic N) is 1. The zero-order valence-electron chi connectivity index (χ0n) is 18.0. The molecule has 0 aliphatic heterocycles. The Balaban J connectivity index is 1.70. The molecule has 3 aromatic rings. The van der Waals surface area contributed by atoms with Gasteiger partial charge in [-0.2, -0.15) is 0 Å². The second-order valence-corrected chi connectivity index (χ2v) is 7.63. The van der Waals surface area contributed by atoms with Crippen LogP contribution in [0.4, 0.5) is 10.1 Å². The van der Waals surface area contributed by atoms with Gasteiger partial charge in [-0.1, -0.05) is 29.8 Å². The molecular formula is C24H20ClFN2O6. The molecule has 3 rings (SSSR count). The fraction of sp³-hybridized carbons (Fsp3) is 0.167. The van der Waals surface area contributed by atoms with Gasteiger partial charge in [-0.15, -0.1) is 0 Å². The molecule has 0 atom stereocenters. The van der Waals surface area contributed by atoms with Crippen molar-refractivity contribution in [2.75, 3.05) is 13.7 Å². The average Bonchev–Trinajstić information content (AvgIpc) is 2.82. The van der Waals surface area contributed by atoms with E-state index in [1.165, 1.54) is 31.4 Å². The molecule has 10 heteroatoms. The molecule has 34 heavy (non-hydrogen) atoms. The Bertz CT molecular complexity index is 1220. The highest BCUT2D eigenvalue weighted by molar-refractivity contribution is 6.30. The summed E-state index contributed by atoms with van der Waals surface area (Å²) >= 11 is 5.85. The first-order valence-corrected chi connectivity index (χ1v) is 10.5. The van der Waals surface area contributed by atoms with Crippen LogP contribution in [0, 0.1) is 15.9 Å². The predicted molar refractivity (Wildman–Crippen MR) is 123 cm³/mol. The Kier molecular flexibility index (Phi) is 8.15. The molecule has 1 amide bonds. The molecule has 0 bridgehead atoms. The van der Waals surface area contributed by atoms with Crippen molar-refractivity contribution in [3.8, 4) is 11.5 Å². The van der Waals surface area contributed by atoms with Gasteiger partial charge in [0.15, 0.2) is 11.6 Å². The van der Waals surface area contributed by atoms with E-state index in [0.717, 1.165) is 17.7 Å². The minimum Gasteiger partial charge on any atom is -0.469 e. The van der Waals surface area contributed by atoms with Crippen molar-refractivity contribution in [2.45, 2.75) is 12.8 Å². The number of nitro benzene ring substituents is 1. The summed E-state index contributed by atoms with van der Waals surface area (Å²) in [7, 11) is 1.22. The lowest BCUT2D eigenvalue weighted by molar-refractivity contribution is -0.385. The van der Waals surface area contributed by atoms with E-state index in [1.54, 1.807) is 12.1 Å². The maximum atomic E-state index is 14.4. The Hall–Kier alpha value is -3.98. The summed E-state index contributed by atoms with van der Waals surface area (Å²) in [5, 5.41) is 14.9. The molecule has 8 nitrogen and oxygen atoms in total. The lowest BCUT2D eigenvalue weighted by Crippen LogP contribution is -2.25. The van der Waals surface area contributed by atoms with Gasteiger partial charge in [-0.05, 0) is 53.9 Å². The van der Waals surface area contributed by atoms with Gasteiger partial charge in [0, 0.05) is 23.2 Å². The monoisotopic (exact) mass is 486 g/mol. The highest BCUT2D eigenvalue weighted by Gasteiger charge is 2.21. The number of carbonyl (C=O) groups excluding carboxylic acids is 2. The molecule has 0 aliphatic carbocycles. The quantitative estimate of drug-likeness (QED) is 0.263. The van der Waals surface area contributed by atoms with E-state index in [2.05, 4.69) is 10.1 Å². The zero-order valence-corrected chi connectivity index (χ0v) is 18.8. The van der Waals surface area contributed by atoms with Crippen molar-refractivity contribution >= 4 is 29.2 Å². The number of methoxy groups -OCH3 is 1.